The summed E-state index contributed by atoms with van der Waals surface area (Å²) in [5.74, 6) is 0. The Balaban J connectivity index is 2.35. The van der Waals surface area contributed by atoms with Gasteiger partial charge in [0.05, 0.1) is 4.90 Å². The van der Waals surface area contributed by atoms with E-state index in [0.29, 0.717) is 0 Å². The Kier molecular flexibility index (Phi) is 3.60. The minimum Gasteiger partial charge on any atom is -0.327 e. The van der Waals surface area contributed by atoms with Crippen molar-refractivity contribution in [3.8, 4) is 0 Å². The van der Waals surface area contributed by atoms with Crippen LogP contribution in [0.25, 0.3) is 10.8 Å². The van der Waals surface area contributed by atoms with Crippen molar-refractivity contribution in [1.29, 1.82) is 0 Å². The average molecular weight is 265 g/mol. The number of hydrogen-bond donors (Lipinski definition) is 2. The van der Waals surface area contributed by atoms with Crippen LogP contribution in [0, 0.1) is 0 Å². The minimum atomic E-state index is -3.50. The molecule has 18 heavy (non-hydrogen) atoms. The van der Waals surface area contributed by atoms with Crippen LogP contribution < -0.4 is 10.5 Å². The van der Waals surface area contributed by atoms with Crippen molar-refractivity contribution in [1.82, 2.24) is 9.71 Å². The van der Waals surface area contributed by atoms with Crippen LogP contribution in [0.1, 0.15) is 6.92 Å². The quantitative estimate of drug-likeness (QED) is 0.858. The van der Waals surface area contributed by atoms with Crippen molar-refractivity contribution >= 4 is 20.8 Å². The van der Waals surface area contributed by atoms with E-state index < -0.39 is 10.0 Å². The van der Waals surface area contributed by atoms with Crippen LogP contribution >= 0.6 is 0 Å². The van der Waals surface area contributed by atoms with Crippen LogP contribution in [-0.4, -0.2) is 26.0 Å². The molecule has 0 aliphatic heterocycles. The highest BCUT2D eigenvalue weighted by Crippen LogP contribution is 2.17. The maximum Gasteiger partial charge on any atom is 0.240 e. The molecule has 3 N–H and O–H groups in total. The number of nitrogens with one attached hydrogen (secondary N) is 1. The third kappa shape index (κ3) is 2.84. The monoisotopic (exact) mass is 265 g/mol. The molecule has 0 bridgehead atoms. The van der Waals surface area contributed by atoms with E-state index in [-0.39, 0.29) is 17.5 Å². The number of nitrogens with zero attached hydrogens (tertiary/aromatic N) is 1. The molecule has 1 aromatic heterocycles. The molecular weight excluding hydrogens is 250 g/mol. The highest BCUT2D eigenvalue weighted by atomic mass is 32.2. The molecule has 2 aromatic rings. The molecule has 0 aliphatic rings. The lowest BCUT2D eigenvalue weighted by Crippen LogP contribution is -2.35. The van der Waals surface area contributed by atoms with Gasteiger partial charge in [-0.3, -0.25) is 4.98 Å². The fourth-order valence-electron chi connectivity index (χ4n) is 1.55. The van der Waals surface area contributed by atoms with Gasteiger partial charge in [-0.15, -0.1) is 0 Å². The number of fused-ring (bicyclic) bond motifs is 1. The zero-order chi connectivity index (χ0) is 13.2. The van der Waals surface area contributed by atoms with E-state index in [2.05, 4.69) is 9.71 Å². The molecule has 0 saturated carbocycles. The lowest BCUT2D eigenvalue weighted by atomic mass is 10.2. The summed E-state index contributed by atoms with van der Waals surface area (Å²) in [6.07, 6.45) is 3.31. The Hall–Kier alpha value is -1.50. The topological polar surface area (TPSA) is 85.1 Å². The van der Waals surface area contributed by atoms with Crippen LogP contribution in [0.15, 0.2) is 41.6 Å². The van der Waals surface area contributed by atoms with Crippen LogP contribution in [-0.2, 0) is 10.0 Å². The zero-order valence-corrected chi connectivity index (χ0v) is 10.8. The molecule has 0 amide bonds. The minimum absolute atomic E-state index is 0.216. The summed E-state index contributed by atoms with van der Waals surface area (Å²) < 4.78 is 26.5. The van der Waals surface area contributed by atoms with Crippen LogP contribution in [0.5, 0.6) is 0 Å². The highest BCUT2D eigenvalue weighted by molar-refractivity contribution is 7.89. The van der Waals surface area contributed by atoms with Gasteiger partial charge in [0.25, 0.3) is 0 Å². The number of pyridine rings is 1. The van der Waals surface area contributed by atoms with Gasteiger partial charge in [0, 0.05) is 30.4 Å². The number of sulfonamides is 1. The lowest BCUT2D eigenvalue weighted by Gasteiger charge is -2.09. The number of rotatable bonds is 4. The first-order valence-electron chi connectivity index (χ1n) is 5.58. The van der Waals surface area contributed by atoms with E-state index >= 15 is 0 Å². The summed E-state index contributed by atoms with van der Waals surface area (Å²) in [6, 6.07) is 6.55. The van der Waals surface area contributed by atoms with Gasteiger partial charge in [0.2, 0.25) is 10.0 Å². The first kappa shape index (κ1) is 12.9. The molecular formula is C12H15N3O2S. The average Bonchev–Trinajstić information content (AvgIpc) is 2.36. The largest absolute Gasteiger partial charge is 0.327 e. The maximum absolute atomic E-state index is 12.0. The Morgan fingerprint density at radius 2 is 2.11 bits per heavy atom. The molecule has 2 rings (SSSR count). The van der Waals surface area contributed by atoms with Crippen molar-refractivity contribution in [2.24, 2.45) is 5.73 Å². The van der Waals surface area contributed by atoms with Crippen molar-refractivity contribution < 1.29 is 8.42 Å². The summed E-state index contributed by atoms with van der Waals surface area (Å²) in [5.41, 5.74) is 5.53. The van der Waals surface area contributed by atoms with Gasteiger partial charge >= 0.3 is 0 Å². The third-order valence-corrected chi connectivity index (χ3v) is 3.94. The maximum atomic E-state index is 12.0. The molecule has 0 fully saturated rings. The number of hydrogen-bond acceptors (Lipinski definition) is 4. The van der Waals surface area contributed by atoms with E-state index in [9.17, 15) is 8.42 Å². The molecule has 1 atom stereocenters. The van der Waals surface area contributed by atoms with Gasteiger partial charge < -0.3 is 5.73 Å². The van der Waals surface area contributed by atoms with Crippen LogP contribution in [0.4, 0.5) is 0 Å². The van der Waals surface area contributed by atoms with Gasteiger partial charge in [-0.2, -0.15) is 0 Å². The number of aromatic nitrogens is 1. The predicted molar refractivity (Wildman–Crippen MR) is 70.6 cm³/mol. The smallest absolute Gasteiger partial charge is 0.240 e. The fourth-order valence-corrected chi connectivity index (χ4v) is 2.73. The first-order chi connectivity index (χ1) is 8.49. The lowest BCUT2D eigenvalue weighted by molar-refractivity contribution is 0.574. The molecule has 0 aliphatic carbocycles. The molecule has 5 nitrogen and oxygen atoms in total. The second kappa shape index (κ2) is 5.01. The fraction of sp³-hybridized carbons (Fsp3) is 0.250. The highest BCUT2D eigenvalue weighted by Gasteiger charge is 2.14. The van der Waals surface area contributed by atoms with Gasteiger partial charge in [0.15, 0.2) is 0 Å². The summed E-state index contributed by atoms with van der Waals surface area (Å²) in [6.45, 7) is 1.96. The molecule has 6 heteroatoms. The molecule has 0 spiro atoms. The summed E-state index contributed by atoms with van der Waals surface area (Å²) in [5, 5.41) is 1.75. The van der Waals surface area contributed by atoms with Gasteiger partial charge in [-0.25, -0.2) is 13.1 Å². The molecule has 1 unspecified atom stereocenters. The molecule has 0 radical (unpaired) electrons. The summed E-state index contributed by atoms with van der Waals surface area (Å²) in [4.78, 5) is 4.20. The Labute approximate surface area is 106 Å². The Morgan fingerprint density at radius 3 is 2.83 bits per heavy atom. The molecule has 1 heterocycles. The summed E-state index contributed by atoms with van der Waals surface area (Å²) in [7, 11) is -3.50. The van der Waals surface area contributed by atoms with Crippen LogP contribution in [0.3, 0.4) is 0 Å². The molecule has 0 saturated heterocycles. The molecule has 1 aromatic carbocycles. The van der Waals surface area contributed by atoms with Crippen molar-refractivity contribution in [3.63, 3.8) is 0 Å². The standard InChI is InChI=1S/C12H15N3O2S/c1-9(13)7-15-18(16,17)12-3-2-10-4-5-14-8-11(10)6-12/h2-6,8-9,15H,7,13H2,1H3. The van der Waals surface area contributed by atoms with E-state index in [0.717, 1.165) is 10.8 Å². The number of benzene rings is 1. The summed E-state index contributed by atoms with van der Waals surface area (Å²) >= 11 is 0. The Morgan fingerprint density at radius 1 is 1.33 bits per heavy atom. The van der Waals surface area contributed by atoms with Crippen LogP contribution in [0.2, 0.25) is 0 Å². The van der Waals surface area contributed by atoms with Gasteiger partial charge in [-0.1, -0.05) is 6.07 Å². The SMILES string of the molecule is CC(N)CNS(=O)(=O)c1ccc2ccncc2c1. The normalized spacial score (nSPS) is 13.7. The zero-order valence-electron chi connectivity index (χ0n) is 10.00. The second-order valence-electron chi connectivity index (χ2n) is 4.21. The van der Waals surface area contributed by atoms with E-state index in [1.807, 2.05) is 6.07 Å². The van der Waals surface area contributed by atoms with Crippen molar-refractivity contribution in [3.05, 3.63) is 36.7 Å². The van der Waals surface area contributed by atoms with E-state index in [1.165, 1.54) is 0 Å². The third-order valence-electron chi connectivity index (χ3n) is 2.52. The van der Waals surface area contributed by atoms with E-state index in [4.69, 9.17) is 5.73 Å². The van der Waals surface area contributed by atoms with Crippen molar-refractivity contribution in [2.75, 3.05) is 6.54 Å². The first-order valence-corrected chi connectivity index (χ1v) is 7.06. The van der Waals surface area contributed by atoms with Crippen molar-refractivity contribution in [2.45, 2.75) is 17.9 Å². The number of nitrogens with two attached hydrogens (primary N) is 1. The second-order valence-corrected chi connectivity index (χ2v) is 5.98. The van der Waals surface area contributed by atoms with E-state index in [1.54, 1.807) is 37.5 Å². The molecule has 96 valence electrons. The van der Waals surface area contributed by atoms with Gasteiger partial charge in [0.1, 0.15) is 0 Å². The van der Waals surface area contributed by atoms with Gasteiger partial charge in [-0.05, 0) is 30.5 Å². The Bertz CT molecular complexity index is 653. The predicted octanol–water partition coefficient (Wildman–Crippen LogP) is 0.860.